The summed E-state index contributed by atoms with van der Waals surface area (Å²) in [5.41, 5.74) is -6.41. The Morgan fingerprint density at radius 3 is 1.84 bits per heavy atom. The molecule has 31 heavy (non-hydrogen) atoms. The van der Waals surface area contributed by atoms with Crippen LogP contribution in [-0.2, 0) is 0 Å². The fraction of sp³-hybridized carbons (Fsp3) is 0. The van der Waals surface area contributed by atoms with Gasteiger partial charge in [-0.3, -0.25) is 0 Å². The average molecular weight is 558 g/mol. The molecule has 0 aliphatic rings. The van der Waals surface area contributed by atoms with E-state index >= 15 is 0 Å². The van der Waals surface area contributed by atoms with Gasteiger partial charge >= 0.3 is 0 Å². The lowest BCUT2D eigenvalue weighted by molar-refractivity contribution is -0.254. The minimum Gasteiger partial charge on any atom is -0.545 e. The number of rotatable bonds is 4. The lowest BCUT2D eigenvalue weighted by atomic mass is 9.98. The predicted octanol–water partition coefficient (Wildman–Crippen LogP) is 5.18. The maximum Gasteiger partial charge on any atom is 0.200 e. The monoisotopic (exact) mass is 558 g/mol. The molecule has 0 aliphatic heterocycles. The van der Waals surface area contributed by atoms with Gasteiger partial charge < -0.3 is 15.2 Å². The number of nitrogens with one attached hydrogen (secondary N) is 1. The Balaban J connectivity index is 2.30. The fourth-order valence-electron chi connectivity index (χ4n) is 2.66. The van der Waals surface area contributed by atoms with Crippen molar-refractivity contribution >= 4 is 39.9 Å². The molecule has 0 radical (unpaired) electrons. The molecule has 0 fully saturated rings. The molecule has 1 N–H and O–H groups in total. The topological polar surface area (TPSA) is 52.2 Å². The van der Waals surface area contributed by atoms with Crippen LogP contribution in [0.2, 0.25) is 0 Å². The van der Waals surface area contributed by atoms with Crippen LogP contribution in [0.15, 0.2) is 24.3 Å². The highest BCUT2D eigenvalue weighted by Gasteiger charge is 2.31. The van der Waals surface area contributed by atoms with E-state index in [-0.39, 0.29) is 6.07 Å². The molecule has 0 saturated carbocycles. The molecule has 0 spiro atoms. The van der Waals surface area contributed by atoms with Crippen molar-refractivity contribution in [2.24, 2.45) is 0 Å². The standard InChI is InChI=1S/C19H6F8INO2/c20-8-3-5(28)1-2-9(8)29-18-7(19(30)31)4-6(11(21)17(18)27)10-12(22)14(24)16(26)15(25)13(10)23/h1-4,29H,(H,30,31)/p-1. The summed E-state index contributed by atoms with van der Waals surface area (Å²) in [6.07, 6.45) is 0. The number of hydrogen-bond donors (Lipinski definition) is 1. The van der Waals surface area contributed by atoms with Crippen LogP contribution < -0.4 is 10.4 Å². The molecule has 3 nitrogen and oxygen atoms in total. The second kappa shape index (κ2) is 8.32. The predicted molar refractivity (Wildman–Crippen MR) is 98.3 cm³/mol. The van der Waals surface area contributed by atoms with Crippen LogP contribution in [0.3, 0.4) is 0 Å². The van der Waals surface area contributed by atoms with E-state index in [2.05, 4.69) is 0 Å². The minimum atomic E-state index is -2.55. The molecule has 3 rings (SSSR count). The number of benzene rings is 3. The van der Waals surface area contributed by atoms with E-state index in [4.69, 9.17) is 0 Å². The molecule has 12 heteroatoms. The zero-order valence-electron chi connectivity index (χ0n) is 14.5. The third kappa shape index (κ3) is 3.91. The SMILES string of the molecule is O=C([O-])c1cc(-c2c(F)c(F)c(F)c(F)c2F)c(F)c(F)c1Nc1ccc(I)cc1F. The molecular weight excluding hydrogens is 553 g/mol. The molecule has 0 saturated heterocycles. The zero-order valence-corrected chi connectivity index (χ0v) is 16.7. The van der Waals surface area contributed by atoms with Crippen molar-refractivity contribution in [3.8, 4) is 11.1 Å². The molecule has 162 valence electrons. The van der Waals surface area contributed by atoms with Gasteiger partial charge in [0.25, 0.3) is 0 Å². The van der Waals surface area contributed by atoms with Crippen LogP contribution in [-0.4, -0.2) is 5.97 Å². The summed E-state index contributed by atoms with van der Waals surface area (Å²) in [4.78, 5) is 11.4. The maximum atomic E-state index is 14.7. The van der Waals surface area contributed by atoms with Gasteiger partial charge in [-0.25, -0.2) is 35.1 Å². The number of anilines is 2. The van der Waals surface area contributed by atoms with E-state index in [1.54, 1.807) is 22.6 Å². The third-order valence-corrected chi connectivity index (χ3v) is 4.77. The molecule has 3 aromatic rings. The lowest BCUT2D eigenvalue weighted by Gasteiger charge is -2.18. The molecule has 3 aromatic carbocycles. The Morgan fingerprint density at radius 2 is 1.32 bits per heavy atom. The number of aromatic carboxylic acids is 1. The maximum absolute atomic E-state index is 14.7. The summed E-state index contributed by atoms with van der Waals surface area (Å²) < 4.78 is 112. The van der Waals surface area contributed by atoms with Crippen molar-refractivity contribution in [3.05, 3.63) is 79.9 Å². The van der Waals surface area contributed by atoms with Crippen LogP contribution in [0.25, 0.3) is 11.1 Å². The molecule has 0 aromatic heterocycles. The van der Waals surface area contributed by atoms with Gasteiger partial charge in [0.05, 0.1) is 22.9 Å². The number of halogens is 9. The van der Waals surface area contributed by atoms with Gasteiger partial charge in [0.1, 0.15) is 5.82 Å². The van der Waals surface area contributed by atoms with E-state index < -0.39 is 80.6 Å². The summed E-state index contributed by atoms with van der Waals surface area (Å²) in [7, 11) is 0. The summed E-state index contributed by atoms with van der Waals surface area (Å²) in [6.45, 7) is 0. The van der Waals surface area contributed by atoms with Gasteiger partial charge in [0, 0.05) is 14.7 Å². The van der Waals surface area contributed by atoms with Gasteiger partial charge in [-0.1, -0.05) is 0 Å². The first-order valence-corrected chi connectivity index (χ1v) is 9.00. The Hall–Kier alpha value is -2.90. The van der Waals surface area contributed by atoms with Crippen molar-refractivity contribution in [1.82, 2.24) is 0 Å². The van der Waals surface area contributed by atoms with Crippen LogP contribution >= 0.6 is 22.6 Å². The Bertz CT molecular complexity index is 1220. The van der Waals surface area contributed by atoms with Crippen LogP contribution in [0.1, 0.15) is 10.4 Å². The van der Waals surface area contributed by atoms with Gasteiger partial charge in [0.15, 0.2) is 34.9 Å². The Labute approximate surface area is 181 Å². The van der Waals surface area contributed by atoms with Crippen LogP contribution in [0.4, 0.5) is 46.5 Å². The Morgan fingerprint density at radius 1 is 0.774 bits per heavy atom. The number of carboxylic acids is 1. The van der Waals surface area contributed by atoms with Crippen molar-refractivity contribution in [3.63, 3.8) is 0 Å². The highest BCUT2D eigenvalue weighted by atomic mass is 127. The highest BCUT2D eigenvalue weighted by Crippen LogP contribution is 2.38. The zero-order chi connectivity index (χ0) is 23.2. The van der Waals surface area contributed by atoms with Gasteiger partial charge in [-0.2, -0.15) is 0 Å². The average Bonchev–Trinajstić information content (AvgIpc) is 2.71. The van der Waals surface area contributed by atoms with Gasteiger partial charge in [0.2, 0.25) is 5.82 Å². The first-order valence-electron chi connectivity index (χ1n) is 7.92. The fourth-order valence-corrected chi connectivity index (χ4v) is 3.11. The van der Waals surface area contributed by atoms with E-state index in [1.807, 2.05) is 5.32 Å². The highest BCUT2D eigenvalue weighted by molar-refractivity contribution is 14.1. The van der Waals surface area contributed by atoms with Crippen molar-refractivity contribution in [1.29, 1.82) is 0 Å². The van der Waals surface area contributed by atoms with Crippen molar-refractivity contribution < 1.29 is 45.0 Å². The normalized spacial score (nSPS) is 11.0. The summed E-state index contributed by atoms with van der Waals surface area (Å²) in [5, 5.41) is 13.4. The first-order chi connectivity index (χ1) is 14.5. The smallest absolute Gasteiger partial charge is 0.200 e. The number of carbonyl (C=O) groups excluding carboxylic acids is 1. The quantitative estimate of drug-likeness (QED) is 0.208. The molecule has 0 bridgehead atoms. The second-order valence-electron chi connectivity index (χ2n) is 5.96. The molecular formula is C19H5F8INO2-. The Kier molecular flexibility index (Phi) is 6.11. The van der Waals surface area contributed by atoms with Crippen molar-refractivity contribution in [2.45, 2.75) is 0 Å². The van der Waals surface area contributed by atoms with Crippen molar-refractivity contribution in [2.75, 3.05) is 5.32 Å². The minimum absolute atomic E-state index is 0.110. The molecule has 0 aliphatic carbocycles. The van der Waals surface area contributed by atoms with E-state index in [0.29, 0.717) is 3.57 Å². The van der Waals surface area contributed by atoms with E-state index in [0.717, 1.165) is 12.1 Å². The molecule has 0 amide bonds. The number of carbonyl (C=O) groups is 1. The van der Waals surface area contributed by atoms with Gasteiger partial charge in [-0.15, -0.1) is 0 Å². The molecule has 0 atom stereocenters. The summed E-state index contributed by atoms with van der Waals surface area (Å²) in [6, 6.07) is 3.48. The molecule has 0 heterocycles. The van der Waals surface area contributed by atoms with E-state index in [1.165, 1.54) is 6.07 Å². The largest absolute Gasteiger partial charge is 0.545 e. The van der Waals surface area contributed by atoms with Gasteiger partial charge in [-0.05, 0) is 46.9 Å². The first kappa shape index (κ1) is 22.8. The third-order valence-electron chi connectivity index (χ3n) is 4.10. The van der Waals surface area contributed by atoms with Crippen LogP contribution in [0, 0.1) is 50.1 Å². The van der Waals surface area contributed by atoms with E-state index in [9.17, 15) is 45.0 Å². The number of hydrogen-bond acceptors (Lipinski definition) is 3. The summed E-state index contributed by atoms with van der Waals surface area (Å²) >= 11 is 1.74. The lowest BCUT2D eigenvalue weighted by Crippen LogP contribution is -2.24. The van der Waals surface area contributed by atoms with Crippen LogP contribution in [0.5, 0.6) is 0 Å². The summed E-state index contributed by atoms with van der Waals surface area (Å²) in [5.74, 6) is -19.9. The second-order valence-corrected chi connectivity index (χ2v) is 7.20. The molecule has 0 unspecified atom stereocenters. The number of carboxylic acid groups (broad SMARTS) is 1.